The predicted molar refractivity (Wildman–Crippen MR) is 98.4 cm³/mol. The topological polar surface area (TPSA) is 17.3 Å². The van der Waals surface area contributed by atoms with Crippen LogP contribution in [0.2, 0.25) is 0 Å². The molecule has 4 rings (SSSR count). The van der Waals surface area contributed by atoms with E-state index in [0.717, 1.165) is 6.42 Å². The van der Waals surface area contributed by atoms with Gasteiger partial charge < -0.3 is 4.40 Å². The maximum absolute atomic E-state index is 4.24. The molecular formula is C20H20N2S. The van der Waals surface area contributed by atoms with Crippen molar-refractivity contribution < 1.29 is 0 Å². The zero-order chi connectivity index (χ0) is 15.6. The van der Waals surface area contributed by atoms with Gasteiger partial charge in [-0.2, -0.15) is 0 Å². The van der Waals surface area contributed by atoms with Gasteiger partial charge in [0.25, 0.3) is 0 Å². The van der Waals surface area contributed by atoms with Crippen molar-refractivity contribution in [3.8, 4) is 0 Å². The first kappa shape index (κ1) is 14.5. The SMILES string of the molecule is CC(CCCc1cccn2cncc12)c1csc2ccccc12. The molecular weight excluding hydrogens is 300 g/mol. The molecule has 0 aliphatic heterocycles. The van der Waals surface area contributed by atoms with E-state index >= 15 is 0 Å². The molecule has 3 aromatic heterocycles. The molecule has 0 saturated heterocycles. The summed E-state index contributed by atoms with van der Waals surface area (Å²) in [6.07, 6.45) is 9.44. The fourth-order valence-corrected chi connectivity index (χ4v) is 4.44. The Morgan fingerprint density at radius 1 is 1.17 bits per heavy atom. The first-order valence-corrected chi connectivity index (χ1v) is 9.06. The van der Waals surface area contributed by atoms with Gasteiger partial charge in [-0.3, -0.25) is 0 Å². The van der Waals surface area contributed by atoms with Gasteiger partial charge in [0, 0.05) is 10.9 Å². The minimum atomic E-state index is 0.607. The van der Waals surface area contributed by atoms with Crippen molar-refractivity contribution in [2.45, 2.75) is 32.1 Å². The van der Waals surface area contributed by atoms with Crippen molar-refractivity contribution in [2.24, 2.45) is 0 Å². The zero-order valence-corrected chi connectivity index (χ0v) is 14.1. The number of aromatic nitrogens is 2. The number of aryl methyl sites for hydroxylation is 1. The molecule has 1 aromatic carbocycles. The summed E-state index contributed by atoms with van der Waals surface area (Å²) in [4.78, 5) is 4.24. The Hall–Kier alpha value is -2.13. The summed E-state index contributed by atoms with van der Waals surface area (Å²) in [5, 5.41) is 3.77. The summed E-state index contributed by atoms with van der Waals surface area (Å²) in [6, 6.07) is 13.1. The van der Waals surface area contributed by atoms with Gasteiger partial charge in [0.2, 0.25) is 0 Å². The molecule has 0 radical (unpaired) electrons. The Morgan fingerprint density at radius 3 is 3.04 bits per heavy atom. The number of imidazole rings is 1. The average molecular weight is 320 g/mol. The molecule has 23 heavy (non-hydrogen) atoms. The fraction of sp³-hybridized carbons (Fsp3) is 0.250. The Kier molecular flexibility index (Phi) is 3.88. The van der Waals surface area contributed by atoms with E-state index in [-0.39, 0.29) is 0 Å². The third kappa shape index (κ3) is 2.77. The molecule has 116 valence electrons. The van der Waals surface area contributed by atoms with Gasteiger partial charge in [0.15, 0.2) is 0 Å². The van der Waals surface area contributed by atoms with Crippen LogP contribution >= 0.6 is 11.3 Å². The molecule has 1 unspecified atom stereocenters. The minimum Gasteiger partial charge on any atom is -0.306 e. The molecule has 2 nitrogen and oxygen atoms in total. The van der Waals surface area contributed by atoms with Gasteiger partial charge in [-0.1, -0.05) is 31.2 Å². The predicted octanol–water partition coefficient (Wildman–Crippen LogP) is 5.68. The minimum absolute atomic E-state index is 0.607. The molecule has 0 saturated carbocycles. The smallest absolute Gasteiger partial charge is 0.0992 e. The van der Waals surface area contributed by atoms with Crippen molar-refractivity contribution in [3.63, 3.8) is 0 Å². The summed E-state index contributed by atoms with van der Waals surface area (Å²) in [5.74, 6) is 0.607. The van der Waals surface area contributed by atoms with E-state index in [1.165, 1.54) is 39.6 Å². The van der Waals surface area contributed by atoms with Gasteiger partial charge in [-0.15, -0.1) is 11.3 Å². The zero-order valence-electron chi connectivity index (χ0n) is 13.3. The van der Waals surface area contributed by atoms with Gasteiger partial charge in [-0.05, 0) is 59.2 Å². The summed E-state index contributed by atoms with van der Waals surface area (Å²) >= 11 is 1.86. The summed E-state index contributed by atoms with van der Waals surface area (Å²) in [5.41, 5.74) is 4.14. The molecule has 3 heterocycles. The highest BCUT2D eigenvalue weighted by Gasteiger charge is 2.11. The van der Waals surface area contributed by atoms with E-state index < -0.39 is 0 Å². The maximum atomic E-state index is 4.24. The van der Waals surface area contributed by atoms with Crippen molar-refractivity contribution in [2.75, 3.05) is 0 Å². The van der Waals surface area contributed by atoms with E-state index in [4.69, 9.17) is 0 Å². The largest absolute Gasteiger partial charge is 0.306 e. The second-order valence-electron chi connectivity index (χ2n) is 6.20. The molecule has 1 atom stereocenters. The van der Waals surface area contributed by atoms with Crippen LogP contribution in [0.1, 0.15) is 36.8 Å². The number of benzene rings is 1. The van der Waals surface area contributed by atoms with Gasteiger partial charge in [0.1, 0.15) is 0 Å². The Labute approximate surface area is 140 Å². The van der Waals surface area contributed by atoms with E-state index in [9.17, 15) is 0 Å². The normalized spacial score (nSPS) is 12.9. The number of pyridine rings is 1. The standard InChI is InChI=1S/C20H20N2S/c1-15(18-13-23-20-10-3-2-9-17(18)20)6-4-7-16-8-5-11-22-14-21-12-19(16)22/h2-3,5,8-15H,4,6-7H2,1H3. The second-order valence-corrected chi connectivity index (χ2v) is 7.11. The lowest BCUT2D eigenvalue weighted by Crippen LogP contribution is -1.96. The van der Waals surface area contributed by atoms with E-state index in [1.807, 2.05) is 23.9 Å². The molecule has 0 bridgehead atoms. The van der Waals surface area contributed by atoms with Crippen LogP contribution in [-0.2, 0) is 6.42 Å². The van der Waals surface area contributed by atoms with E-state index in [2.05, 4.69) is 64.3 Å². The first-order valence-electron chi connectivity index (χ1n) is 8.18. The summed E-state index contributed by atoms with van der Waals surface area (Å²) < 4.78 is 3.50. The first-order chi connectivity index (χ1) is 11.3. The van der Waals surface area contributed by atoms with Crippen molar-refractivity contribution >= 4 is 26.9 Å². The number of hydrogen-bond acceptors (Lipinski definition) is 2. The van der Waals surface area contributed by atoms with Crippen molar-refractivity contribution in [3.05, 3.63) is 71.6 Å². The van der Waals surface area contributed by atoms with E-state index in [0.29, 0.717) is 5.92 Å². The molecule has 0 N–H and O–H groups in total. The van der Waals surface area contributed by atoms with Crippen molar-refractivity contribution in [1.82, 2.24) is 9.38 Å². The lowest BCUT2D eigenvalue weighted by atomic mass is 9.94. The van der Waals surface area contributed by atoms with Crippen LogP contribution in [0.25, 0.3) is 15.6 Å². The monoisotopic (exact) mass is 320 g/mol. The van der Waals surface area contributed by atoms with Crippen LogP contribution in [-0.4, -0.2) is 9.38 Å². The lowest BCUT2D eigenvalue weighted by molar-refractivity contribution is 0.639. The van der Waals surface area contributed by atoms with Gasteiger partial charge in [0.05, 0.1) is 18.0 Å². The Morgan fingerprint density at radius 2 is 2.09 bits per heavy atom. The molecule has 3 heteroatoms. The molecule has 0 spiro atoms. The van der Waals surface area contributed by atoms with Crippen LogP contribution in [0.4, 0.5) is 0 Å². The number of nitrogens with zero attached hydrogens (tertiary/aromatic N) is 2. The Balaban J connectivity index is 1.46. The fourth-order valence-electron chi connectivity index (χ4n) is 3.36. The van der Waals surface area contributed by atoms with E-state index in [1.54, 1.807) is 0 Å². The average Bonchev–Trinajstić information content (AvgIpc) is 3.22. The lowest BCUT2D eigenvalue weighted by Gasteiger charge is -2.11. The highest BCUT2D eigenvalue weighted by Crippen LogP contribution is 2.33. The highest BCUT2D eigenvalue weighted by atomic mass is 32.1. The molecule has 0 fully saturated rings. The quantitative estimate of drug-likeness (QED) is 0.463. The molecule has 0 aliphatic carbocycles. The molecule has 4 aromatic rings. The number of thiophene rings is 1. The second kappa shape index (κ2) is 6.17. The highest BCUT2D eigenvalue weighted by molar-refractivity contribution is 7.17. The third-order valence-electron chi connectivity index (χ3n) is 4.66. The van der Waals surface area contributed by atoms with Crippen LogP contribution in [0.3, 0.4) is 0 Å². The van der Waals surface area contributed by atoms with Crippen molar-refractivity contribution in [1.29, 1.82) is 0 Å². The number of hydrogen-bond donors (Lipinski definition) is 0. The molecule has 0 amide bonds. The van der Waals surface area contributed by atoms with Crippen LogP contribution in [0.15, 0.2) is 60.5 Å². The van der Waals surface area contributed by atoms with Crippen LogP contribution in [0.5, 0.6) is 0 Å². The number of rotatable bonds is 5. The number of fused-ring (bicyclic) bond motifs is 2. The maximum Gasteiger partial charge on any atom is 0.0992 e. The summed E-state index contributed by atoms with van der Waals surface area (Å²) in [7, 11) is 0. The third-order valence-corrected chi connectivity index (χ3v) is 5.65. The van der Waals surface area contributed by atoms with Gasteiger partial charge >= 0.3 is 0 Å². The van der Waals surface area contributed by atoms with Gasteiger partial charge in [-0.25, -0.2) is 4.98 Å². The summed E-state index contributed by atoms with van der Waals surface area (Å²) in [6.45, 7) is 2.36. The molecule has 0 aliphatic rings. The Bertz CT molecular complexity index is 935. The van der Waals surface area contributed by atoms with Crippen LogP contribution < -0.4 is 0 Å². The van der Waals surface area contributed by atoms with Crippen LogP contribution in [0, 0.1) is 0 Å².